The zero-order valence-electron chi connectivity index (χ0n) is 18.5. The number of hydrogen-bond acceptors (Lipinski definition) is 6. The summed E-state index contributed by atoms with van der Waals surface area (Å²) in [6.45, 7) is 1.93. The molecule has 0 spiro atoms. The summed E-state index contributed by atoms with van der Waals surface area (Å²) in [4.78, 5) is 48.0. The number of non-ortho nitro benzene ring substituents is 1. The highest BCUT2D eigenvalue weighted by Crippen LogP contribution is 2.18. The zero-order valence-corrected chi connectivity index (χ0v) is 19.2. The van der Waals surface area contributed by atoms with E-state index in [-0.39, 0.29) is 28.6 Å². The smallest absolute Gasteiger partial charge is 0.338 e. The summed E-state index contributed by atoms with van der Waals surface area (Å²) in [6, 6.07) is 17.8. The third-order valence-electron chi connectivity index (χ3n) is 4.68. The van der Waals surface area contributed by atoms with Crippen LogP contribution in [0, 0.1) is 10.1 Å². The summed E-state index contributed by atoms with van der Waals surface area (Å²) in [5.41, 5.74) is 1.05. The first-order valence-electron chi connectivity index (χ1n) is 10.4. The van der Waals surface area contributed by atoms with E-state index in [1.165, 1.54) is 60.7 Å². The molecule has 178 valence electrons. The van der Waals surface area contributed by atoms with Gasteiger partial charge in [-0.25, -0.2) is 4.79 Å². The quantitative estimate of drug-likeness (QED) is 0.200. The van der Waals surface area contributed by atoms with Crippen molar-refractivity contribution in [3.05, 3.63) is 110 Å². The Kier molecular flexibility index (Phi) is 8.31. The van der Waals surface area contributed by atoms with Crippen LogP contribution < -0.4 is 10.6 Å². The Balaban J connectivity index is 1.87. The van der Waals surface area contributed by atoms with Crippen molar-refractivity contribution in [1.29, 1.82) is 0 Å². The Morgan fingerprint density at radius 2 is 1.66 bits per heavy atom. The normalized spacial score (nSPS) is 10.9. The number of benzene rings is 3. The molecule has 0 radical (unpaired) electrons. The molecule has 2 amide bonds. The number of amides is 2. The average molecular weight is 494 g/mol. The van der Waals surface area contributed by atoms with Crippen LogP contribution in [-0.4, -0.2) is 29.3 Å². The highest BCUT2D eigenvalue weighted by Gasteiger charge is 2.17. The molecule has 10 heteroatoms. The van der Waals surface area contributed by atoms with Gasteiger partial charge in [-0.3, -0.25) is 19.7 Å². The van der Waals surface area contributed by atoms with Crippen molar-refractivity contribution in [2.75, 3.05) is 11.9 Å². The lowest BCUT2D eigenvalue weighted by Gasteiger charge is -2.12. The highest BCUT2D eigenvalue weighted by atomic mass is 35.5. The van der Waals surface area contributed by atoms with Gasteiger partial charge >= 0.3 is 5.97 Å². The first-order valence-corrected chi connectivity index (χ1v) is 10.8. The second kappa shape index (κ2) is 11.6. The molecule has 0 saturated heterocycles. The van der Waals surface area contributed by atoms with Crippen LogP contribution in [0.3, 0.4) is 0 Å². The monoisotopic (exact) mass is 493 g/mol. The molecule has 0 bridgehead atoms. The second-order valence-electron chi connectivity index (χ2n) is 7.09. The van der Waals surface area contributed by atoms with E-state index in [1.54, 1.807) is 25.1 Å². The van der Waals surface area contributed by atoms with Gasteiger partial charge in [0.2, 0.25) is 0 Å². The fraction of sp³-hybridized carbons (Fsp3) is 0.0800. The van der Waals surface area contributed by atoms with Crippen LogP contribution in [0.25, 0.3) is 6.08 Å². The molecule has 9 nitrogen and oxygen atoms in total. The third kappa shape index (κ3) is 6.75. The molecule has 0 aliphatic rings. The molecule has 2 N–H and O–H groups in total. The summed E-state index contributed by atoms with van der Waals surface area (Å²) in [5.74, 6) is -1.76. The van der Waals surface area contributed by atoms with Crippen molar-refractivity contribution in [2.45, 2.75) is 6.92 Å². The van der Waals surface area contributed by atoms with Crippen molar-refractivity contribution >= 4 is 46.8 Å². The van der Waals surface area contributed by atoms with E-state index >= 15 is 0 Å². The van der Waals surface area contributed by atoms with Crippen molar-refractivity contribution in [3.8, 4) is 0 Å². The maximum Gasteiger partial charge on any atom is 0.338 e. The topological polar surface area (TPSA) is 128 Å². The number of nitrogens with zero attached hydrogens (tertiary/aromatic N) is 1. The number of carbonyl (C=O) groups is 3. The number of esters is 1. The largest absolute Gasteiger partial charge is 0.462 e. The van der Waals surface area contributed by atoms with Crippen molar-refractivity contribution in [2.24, 2.45) is 0 Å². The minimum absolute atomic E-state index is 0.116. The van der Waals surface area contributed by atoms with Crippen LogP contribution in [-0.2, 0) is 9.53 Å². The lowest BCUT2D eigenvalue weighted by Crippen LogP contribution is -2.31. The molecule has 0 atom stereocenters. The number of ether oxygens (including phenoxy) is 1. The number of anilines is 1. The number of rotatable bonds is 8. The van der Waals surface area contributed by atoms with Crippen LogP contribution in [0.1, 0.15) is 33.2 Å². The van der Waals surface area contributed by atoms with Crippen molar-refractivity contribution in [1.82, 2.24) is 5.32 Å². The zero-order chi connectivity index (χ0) is 25.4. The molecule has 0 aliphatic carbocycles. The van der Waals surface area contributed by atoms with E-state index in [0.717, 1.165) is 0 Å². The summed E-state index contributed by atoms with van der Waals surface area (Å²) < 4.78 is 4.94. The van der Waals surface area contributed by atoms with Crippen LogP contribution in [0.5, 0.6) is 0 Å². The fourth-order valence-electron chi connectivity index (χ4n) is 2.95. The standard InChI is InChI=1S/C25H20ClN3O6/c1-2-35-25(32)17-9-11-18(12-10-17)27-24(31)22(15-16-7-13-19(14-8-16)29(33)34)28-23(30)20-5-3-4-6-21(20)26/h3-15H,2H2,1H3,(H,27,31)(H,28,30). The molecular formula is C25H20ClN3O6. The SMILES string of the molecule is CCOC(=O)c1ccc(NC(=O)C(=Cc2ccc([N+](=O)[O-])cc2)NC(=O)c2ccccc2Cl)cc1. The third-order valence-corrected chi connectivity index (χ3v) is 5.01. The molecule has 3 aromatic carbocycles. The summed E-state index contributed by atoms with van der Waals surface area (Å²) in [7, 11) is 0. The van der Waals surface area contributed by atoms with E-state index in [4.69, 9.17) is 16.3 Å². The predicted molar refractivity (Wildman–Crippen MR) is 131 cm³/mol. The van der Waals surface area contributed by atoms with Gasteiger partial charge < -0.3 is 15.4 Å². The number of nitrogens with one attached hydrogen (secondary N) is 2. The van der Waals surface area contributed by atoms with Crippen molar-refractivity contribution in [3.63, 3.8) is 0 Å². The minimum atomic E-state index is -0.660. The first kappa shape index (κ1) is 25.1. The van der Waals surface area contributed by atoms with Gasteiger partial charge in [-0.05, 0) is 67.1 Å². The Hall–Kier alpha value is -4.50. The lowest BCUT2D eigenvalue weighted by molar-refractivity contribution is -0.384. The summed E-state index contributed by atoms with van der Waals surface area (Å²) in [6.07, 6.45) is 1.38. The lowest BCUT2D eigenvalue weighted by atomic mass is 10.1. The Morgan fingerprint density at radius 3 is 2.26 bits per heavy atom. The van der Waals surface area contributed by atoms with Gasteiger partial charge in [0, 0.05) is 17.8 Å². The van der Waals surface area contributed by atoms with Crippen LogP contribution in [0.2, 0.25) is 5.02 Å². The maximum atomic E-state index is 13.0. The number of nitro benzene ring substituents is 1. The maximum absolute atomic E-state index is 13.0. The van der Waals surface area contributed by atoms with Crippen molar-refractivity contribution < 1.29 is 24.0 Å². The van der Waals surface area contributed by atoms with Gasteiger partial charge in [0.15, 0.2) is 0 Å². The van der Waals surface area contributed by atoms with E-state index in [2.05, 4.69) is 10.6 Å². The molecule has 0 aliphatic heterocycles. The van der Waals surface area contributed by atoms with E-state index < -0.39 is 22.7 Å². The predicted octanol–water partition coefficient (Wildman–Crippen LogP) is 4.83. The molecular weight excluding hydrogens is 474 g/mol. The van der Waals surface area contributed by atoms with Crippen LogP contribution >= 0.6 is 11.6 Å². The average Bonchev–Trinajstić information content (AvgIpc) is 2.84. The number of carbonyl (C=O) groups excluding carboxylic acids is 3. The molecule has 0 aromatic heterocycles. The Labute approximate surface area is 205 Å². The highest BCUT2D eigenvalue weighted by molar-refractivity contribution is 6.34. The van der Waals surface area contributed by atoms with Gasteiger partial charge in [-0.1, -0.05) is 23.7 Å². The molecule has 35 heavy (non-hydrogen) atoms. The first-order chi connectivity index (χ1) is 16.8. The van der Waals surface area contributed by atoms with Gasteiger partial charge in [-0.15, -0.1) is 0 Å². The Morgan fingerprint density at radius 1 is 1.00 bits per heavy atom. The summed E-state index contributed by atoms with van der Waals surface area (Å²) in [5, 5.41) is 16.3. The summed E-state index contributed by atoms with van der Waals surface area (Å²) >= 11 is 6.10. The Bertz CT molecular complexity index is 1290. The molecule has 0 heterocycles. The molecule has 0 saturated carbocycles. The molecule has 3 aromatic rings. The van der Waals surface area contributed by atoms with E-state index in [1.807, 2.05) is 0 Å². The van der Waals surface area contributed by atoms with E-state index in [9.17, 15) is 24.5 Å². The minimum Gasteiger partial charge on any atom is -0.462 e. The molecule has 0 unspecified atom stereocenters. The van der Waals surface area contributed by atoms with Gasteiger partial charge in [0.25, 0.3) is 17.5 Å². The van der Waals surface area contributed by atoms with Gasteiger partial charge in [0.05, 0.1) is 27.7 Å². The van der Waals surface area contributed by atoms with Crippen LogP contribution in [0.15, 0.2) is 78.5 Å². The number of hydrogen-bond donors (Lipinski definition) is 2. The second-order valence-corrected chi connectivity index (χ2v) is 7.50. The molecule has 0 fully saturated rings. The van der Waals surface area contributed by atoms with Gasteiger partial charge in [0.1, 0.15) is 5.70 Å². The van der Waals surface area contributed by atoms with Crippen LogP contribution in [0.4, 0.5) is 11.4 Å². The number of halogens is 1. The number of nitro groups is 1. The van der Waals surface area contributed by atoms with E-state index in [0.29, 0.717) is 16.8 Å². The van der Waals surface area contributed by atoms with Gasteiger partial charge in [-0.2, -0.15) is 0 Å². The molecule has 3 rings (SSSR count). The fourth-order valence-corrected chi connectivity index (χ4v) is 3.18.